The maximum Gasteiger partial charge on any atom is 0.257 e. The fourth-order valence-electron chi connectivity index (χ4n) is 5.59. The summed E-state index contributed by atoms with van der Waals surface area (Å²) in [6, 6.07) is 2.53. The summed E-state index contributed by atoms with van der Waals surface area (Å²) in [5.41, 5.74) is 1.69. The highest BCUT2D eigenvalue weighted by atomic mass is 32.2. The van der Waals surface area contributed by atoms with Gasteiger partial charge in [0.1, 0.15) is 18.0 Å². The number of benzene rings is 1. The van der Waals surface area contributed by atoms with Crippen LogP contribution in [0.1, 0.15) is 47.2 Å². The van der Waals surface area contributed by atoms with Gasteiger partial charge in [0, 0.05) is 38.8 Å². The second-order valence-electron chi connectivity index (χ2n) is 9.40. The number of aliphatic hydroxyl groups excluding tert-OH is 2. The predicted molar refractivity (Wildman–Crippen MR) is 129 cm³/mol. The van der Waals surface area contributed by atoms with Crippen molar-refractivity contribution in [1.29, 1.82) is 0 Å². The first-order valence-corrected chi connectivity index (χ1v) is 12.7. The van der Waals surface area contributed by atoms with Gasteiger partial charge in [0.05, 0.1) is 36.1 Å². The van der Waals surface area contributed by atoms with Crippen molar-refractivity contribution in [3.63, 3.8) is 0 Å². The summed E-state index contributed by atoms with van der Waals surface area (Å²) in [5, 5.41) is 34.5. The van der Waals surface area contributed by atoms with Gasteiger partial charge in [0.25, 0.3) is 5.56 Å². The van der Waals surface area contributed by atoms with Crippen LogP contribution in [-0.2, 0) is 28.3 Å². The number of carbonyl (C=O) groups excluding carboxylic acids is 1. The van der Waals surface area contributed by atoms with E-state index >= 15 is 0 Å². The number of fused-ring (bicyclic) bond motifs is 5. The minimum absolute atomic E-state index is 0.119. The van der Waals surface area contributed by atoms with Gasteiger partial charge < -0.3 is 29.9 Å². The second kappa shape index (κ2) is 8.09. The van der Waals surface area contributed by atoms with Crippen LogP contribution in [0.25, 0.3) is 22.3 Å². The number of pyridine rings is 2. The third kappa shape index (κ3) is 3.07. The van der Waals surface area contributed by atoms with Crippen LogP contribution in [0.4, 0.5) is 4.39 Å². The quantitative estimate of drug-likeness (QED) is 0.325. The number of halogens is 1. The summed E-state index contributed by atoms with van der Waals surface area (Å²) in [5.74, 6) is -0.516. The van der Waals surface area contributed by atoms with Gasteiger partial charge in [-0.05, 0) is 30.5 Å². The van der Waals surface area contributed by atoms with Crippen LogP contribution < -0.4 is 10.9 Å². The van der Waals surface area contributed by atoms with E-state index in [-0.39, 0.29) is 30.7 Å². The molecule has 188 valence electrons. The second-order valence-corrected chi connectivity index (χ2v) is 10.4. The minimum Gasteiger partial charge on any atom is -0.387 e. The largest absolute Gasteiger partial charge is 0.387 e. The number of nitrogens with zero attached hydrogens (tertiary/aromatic N) is 2. The lowest BCUT2D eigenvalue weighted by atomic mass is 9.85. The van der Waals surface area contributed by atoms with E-state index in [1.807, 2.05) is 0 Å². The van der Waals surface area contributed by atoms with Gasteiger partial charge in [-0.25, -0.2) is 9.37 Å². The van der Waals surface area contributed by atoms with Crippen LogP contribution in [-0.4, -0.2) is 49.4 Å². The zero-order chi connectivity index (χ0) is 25.5. The summed E-state index contributed by atoms with van der Waals surface area (Å²) in [6.45, 7) is 2.75. The lowest BCUT2D eigenvalue weighted by molar-refractivity contribution is -0.236. The van der Waals surface area contributed by atoms with Crippen LogP contribution in [0.5, 0.6) is 0 Å². The number of nitrogens with one attached hydrogen (secondary N) is 1. The Bertz CT molecular complexity index is 1540. The molecular formula is C25H24FN3O6S. The summed E-state index contributed by atoms with van der Waals surface area (Å²) in [7, 11) is 0. The Labute approximate surface area is 208 Å². The molecule has 0 saturated heterocycles. The molecule has 0 saturated carbocycles. The monoisotopic (exact) mass is 513 g/mol. The number of aliphatic hydroxyl groups is 3. The Hall–Kier alpha value is -2.83. The Balaban J connectivity index is 1.66. The molecule has 2 aromatic heterocycles. The first kappa shape index (κ1) is 23.6. The average Bonchev–Trinajstić information content (AvgIpc) is 3.24. The first-order valence-electron chi connectivity index (χ1n) is 11.7. The van der Waals surface area contributed by atoms with Crippen LogP contribution in [0.15, 0.2) is 21.8 Å². The third-order valence-corrected chi connectivity index (χ3v) is 8.84. The molecule has 9 nitrogen and oxygen atoms in total. The lowest BCUT2D eigenvalue weighted by Gasteiger charge is -2.37. The van der Waals surface area contributed by atoms with Crippen molar-refractivity contribution in [3.05, 3.63) is 56.1 Å². The molecular weight excluding hydrogens is 489 g/mol. The molecule has 1 unspecified atom stereocenters. The van der Waals surface area contributed by atoms with E-state index in [0.29, 0.717) is 33.8 Å². The fourth-order valence-corrected chi connectivity index (χ4v) is 6.85. The van der Waals surface area contributed by atoms with Crippen molar-refractivity contribution in [2.75, 3.05) is 12.4 Å². The SMILES string of the molecule is CC[C@]1(O)c2cc3n(c(=O)c2COC1O)Cc1c-3nc2cc(F)c(C)c3c2c1[C@H](NC(=O)CO)CS3. The highest BCUT2D eigenvalue weighted by Gasteiger charge is 2.45. The van der Waals surface area contributed by atoms with Crippen molar-refractivity contribution in [2.45, 2.75) is 56.2 Å². The molecule has 5 heterocycles. The van der Waals surface area contributed by atoms with Crippen LogP contribution in [0.2, 0.25) is 0 Å². The molecule has 0 bridgehead atoms. The normalized spacial score (nSPS) is 23.8. The van der Waals surface area contributed by atoms with Gasteiger partial charge in [-0.3, -0.25) is 9.59 Å². The van der Waals surface area contributed by atoms with E-state index in [9.17, 15) is 29.3 Å². The van der Waals surface area contributed by atoms with E-state index < -0.39 is 36.3 Å². The van der Waals surface area contributed by atoms with Gasteiger partial charge in [-0.1, -0.05) is 6.92 Å². The molecule has 11 heteroatoms. The van der Waals surface area contributed by atoms with Gasteiger partial charge in [-0.2, -0.15) is 0 Å². The van der Waals surface area contributed by atoms with Crippen LogP contribution >= 0.6 is 11.8 Å². The summed E-state index contributed by atoms with van der Waals surface area (Å²) in [6.07, 6.45) is -1.37. The average molecular weight is 514 g/mol. The summed E-state index contributed by atoms with van der Waals surface area (Å²) >= 11 is 1.42. The van der Waals surface area contributed by atoms with Gasteiger partial charge in [-0.15, -0.1) is 11.8 Å². The van der Waals surface area contributed by atoms with Crippen molar-refractivity contribution in [2.24, 2.45) is 0 Å². The maximum atomic E-state index is 14.9. The summed E-state index contributed by atoms with van der Waals surface area (Å²) in [4.78, 5) is 31.2. The zero-order valence-electron chi connectivity index (χ0n) is 19.6. The van der Waals surface area contributed by atoms with Crippen molar-refractivity contribution in [3.8, 4) is 11.4 Å². The van der Waals surface area contributed by atoms with Crippen molar-refractivity contribution >= 4 is 28.6 Å². The molecule has 0 fully saturated rings. The summed E-state index contributed by atoms with van der Waals surface area (Å²) < 4.78 is 21.7. The molecule has 3 aromatic rings. The highest BCUT2D eigenvalue weighted by molar-refractivity contribution is 7.99. The molecule has 3 aliphatic rings. The molecule has 0 aliphatic carbocycles. The number of hydrogen-bond acceptors (Lipinski definition) is 8. The van der Waals surface area contributed by atoms with E-state index in [4.69, 9.17) is 9.72 Å². The Kier molecular flexibility index (Phi) is 5.29. The third-order valence-electron chi connectivity index (χ3n) is 7.54. The number of thioether (sulfide) groups is 1. The number of amides is 1. The molecule has 3 aliphatic heterocycles. The molecule has 36 heavy (non-hydrogen) atoms. The number of carbonyl (C=O) groups is 1. The van der Waals surface area contributed by atoms with Gasteiger partial charge in [0.2, 0.25) is 5.91 Å². The van der Waals surface area contributed by atoms with Gasteiger partial charge in [0.15, 0.2) is 6.29 Å². The first-order chi connectivity index (χ1) is 17.2. The fraction of sp³-hybridized carbons (Fsp3) is 0.400. The Morgan fingerprint density at radius 3 is 2.89 bits per heavy atom. The van der Waals surface area contributed by atoms with Crippen LogP contribution in [0, 0.1) is 12.7 Å². The molecule has 1 amide bonds. The predicted octanol–water partition coefficient (Wildman–Crippen LogP) is 1.57. The highest BCUT2D eigenvalue weighted by Crippen LogP contribution is 2.48. The zero-order valence-corrected chi connectivity index (χ0v) is 20.4. The molecule has 0 radical (unpaired) electrons. The number of hydrogen-bond donors (Lipinski definition) is 4. The standard InChI is InChI=1S/C25H24FN3O6S/c1-3-25(34)13-4-17-21-11(6-29(17)23(32)12(13)8-35-24(25)33)19-16(27-18(31)7-30)9-36-22-10(2)14(26)5-15(28-21)20(19)22/h4-5,16,24,30,33-34H,3,6-9H2,1-2H3,(H,27,31)/t16-,24?,25+/m1/s1. The maximum absolute atomic E-state index is 14.9. The van der Waals surface area contributed by atoms with E-state index in [1.54, 1.807) is 24.5 Å². The van der Waals surface area contributed by atoms with E-state index in [0.717, 1.165) is 21.4 Å². The van der Waals surface area contributed by atoms with E-state index in [1.165, 1.54) is 17.8 Å². The molecule has 4 N–H and O–H groups in total. The number of ether oxygens (including phenoxy) is 1. The Morgan fingerprint density at radius 2 is 2.17 bits per heavy atom. The number of rotatable bonds is 3. The number of aromatic nitrogens is 2. The molecule has 6 rings (SSSR count). The smallest absolute Gasteiger partial charge is 0.257 e. The topological polar surface area (TPSA) is 134 Å². The molecule has 0 spiro atoms. The van der Waals surface area contributed by atoms with Gasteiger partial charge >= 0.3 is 0 Å². The lowest BCUT2D eigenvalue weighted by Crippen LogP contribution is -2.47. The van der Waals surface area contributed by atoms with E-state index in [2.05, 4.69) is 5.32 Å². The molecule has 3 atom stereocenters. The molecule has 1 aromatic carbocycles. The van der Waals surface area contributed by atoms with Crippen molar-refractivity contribution < 1.29 is 29.2 Å². The minimum atomic E-state index is -1.76. The van der Waals surface area contributed by atoms with Crippen molar-refractivity contribution in [1.82, 2.24) is 14.9 Å². The Morgan fingerprint density at radius 1 is 1.39 bits per heavy atom. The van der Waals surface area contributed by atoms with Crippen LogP contribution in [0.3, 0.4) is 0 Å².